The van der Waals surface area contributed by atoms with Crippen LogP contribution in [0.2, 0.25) is 0 Å². The minimum Gasteiger partial charge on any atom is -0.469 e. The van der Waals surface area contributed by atoms with Crippen molar-refractivity contribution >= 4 is 11.9 Å². The van der Waals surface area contributed by atoms with Crippen molar-refractivity contribution in [3.05, 3.63) is 93.8 Å². The van der Waals surface area contributed by atoms with E-state index in [1.165, 1.54) is 14.2 Å². The Morgan fingerprint density at radius 2 is 0.980 bits per heavy atom. The summed E-state index contributed by atoms with van der Waals surface area (Å²) in [6, 6.07) is 22.9. The highest BCUT2D eigenvalue weighted by Gasteiger charge is 2.57. The Labute approximate surface area is 282 Å². The predicted molar refractivity (Wildman–Crippen MR) is 172 cm³/mol. The molecule has 49 heavy (non-hydrogen) atoms. The number of fused-ring (bicyclic) bond motifs is 6. The van der Waals surface area contributed by atoms with Crippen LogP contribution in [0.4, 0.5) is 0 Å². The molecule has 0 aliphatic heterocycles. The summed E-state index contributed by atoms with van der Waals surface area (Å²) in [6.45, 7) is 3.48. The molecule has 0 spiro atoms. The molecule has 4 atom stereocenters. The molecular weight excluding hydrogens is 620 g/mol. The van der Waals surface area contributed by atoms with Gasteiger partial charge in [-0.05, 0) is 30.4 Å². The van der Waals surface area contributed by atoms with E-state index in [1.54, 1.807) is 13.8 Å². The van der Waals surface area contributed by atoms with Crippen LogP contribution in [-0.2, 0) is 29.9 Å². The normalized spacial score (nSPS) is 18.9. The number of rotatable bonds is 8. The van der Waals surface area contributed by atoms with E-state index in [2.05, 4.69) is 9.97 Å². The number of hydrogen-bond donors (Lipinski definition) is 0. The van der Waals surface area contributed by atoms with E-state index < -0.39 is 34.6 Å². The Balaban J connectivity index is 1.75. The lowest BCUT2D eigenvalue weighted by atomic mass is 9.60. The summed E-state index contributed by atoms with van der Waals surface area (Å²) in [7, 11) is 2.62. The van der Waals surface area contributed by atoms with E-state index in [1.807, 2.05) is 72.8 Å². The van der Waals surface area contributed by atoms with E-state index in [0.717, 1.165) is 11.1 Å². The van der Waals surface area contributed by atoms with E-state index in [-0.39, 0.29) is 42.0 Å². The lowest BCUT2D eigenvalue weighted by Crippen LogP contribution is -2.42. The first-order valence-corrected chi connectivity index (χ1v) is 15.4. The molecule has 0 saturated heterocycles. The van der Waals surface area contributed by atoms with Crippen molar-refractivity contribution in [1.29, 1.82) is 21.0 Å². The largest absolute Gasteiger partial charge is 0.469 e. The minimum absolute atomic E-state index is 0.119. The fraction of sp³-hybridized carbons (Fsp3) is 0.297. The summed E-state index contributed by atoms with van der Waals surface area (Å²) in [5, 5.41) is 39.9. The number of ether oxygens (including phenoxy) is 2. The molecular formula is C37H28N8O4. The third-order valence-corrected chi connectivity index (χ3v) is 9.64. The quantitative estimate of drug-likeness (QED) is 0.237. The summed E-state index contributed by atoms with van der Waals surface area (Å²) >= 11 is 0. The van der Waals surface area contributed by atoms with E-state index in [0.29, 0.717) is 33.9 Å². The summed E-state index contributed by atoms with van der Waals surface area (Å²) in [6.07, 6.45) is 0.388. The number of methoxy groups -OCH3 is 2. The van der Waals surface area contributed by atoms with E-state index >= 15 is 0 Å². The highest BCUT2D eigenvalue weighted by Crippen LogP contribution is 2.61. The molecule has 6 rings (SSSR count). The Bertz CT molecular complexity index is 2080. The van der Waals surface area contributed by atoms with Crippen LogP contribution in [0.25, 0.3) is 22.5 Å². The van der Waals surface area contributed by atoms with Gasteiger partial charge in [-0.1, -0.05) is 62.4 Å². The molecule has 0 amide bonds. The molecule has 2 aliphatic rings. The van der Waals surface area contributed by atoms with Crippen molar-refractivity contribution in [3.8, 4) is 46.8 Å². The maximum atomic E-state index is 13.2. The lowest BCUT2D eigenvalue weighted by Gasteiger charge is -2.42. The zero-order chi connectivity index (χ0) is 35.1. The molecule has 0 fully saturated rings. The van der Waals surface area contributed by atoms with Crippen LogP contribution < -0.4 is 0 Å². The Kier molecular flexibility index (Phi) is 8.12. The smallest absolute Gasteiger partial charge is 0.308 e. The van der Waals surface area contributed by atoms with Crippen LogP contribution >= 0.6 is 0 Å². The van der Waals surface area contributed by atoms with Gasteiger partial charge in [0.1, 0.15) is 24.3 Å². The standard InChI is InChI=1S/C37H28N8O4/c1-20(34(46)48-3)13-36(24-11-7-5-9-22(24)30-32(36)44-28(17-40)26(15-38)42-30)19-37(14-21(2)35(47)49-4)25-12-8-6-10-23(25)31-33(37)45-29(18-41)27(16-39)43-31/h5-12,20-21H,13-14,19H2,1-4H3. The highest BCUT2D eigenvalue weighted by molar-refractivity contribution is 5.82. The molecule has 0 bridgehead atoms. The third kappa shape index (κ3) is 4.85. The average molecular weight is 649 g/mol. The first-order chi connectivity index (χ1) is 23.6. The van der Waals surface area contributed by atoms with Gasteiger partial charge in [-0.2, -0.15) is 21.0 Å². The number of aromatic nitrogens is 4. The van der Waals surface area contributed by atoms with Crippen LogP contribution in [-0.4, -0.2) is 46.1 Å². The zero-order valence-electron chi connectivity index (χ0n) is 27.1. The molecule has 12 heteroatoms. The van der Waals surface area contributed by atoms with Crippen molar-refractivity contribution in [2.24, 2.45) is 11.8 Å². The number of carbonyl (C=O) groups excluding carboxylic acids is 2. The number of benzene rings is 2. The van der Waals surface area contributed by atoms with Crippen LogP contribution in [0.3, 0.4) is 0 Å². The molecule has 0 radical (unpaired) electrons. The van der Waals surface area contributed by atoms with E-state index in [9.17, 15) is 30.6 Å². The third-order valence-electron chi connectivity index (χ3n) is 9.64. The van der Waals surface area contributed by atoms with Crippen molar-refractivity contribution in [1.82, 2.24) is 19.9 Å². The Morgan fingerprint density at radius 1 is 0.633 bits per heavy atom. The number of nitrogens with zero attached hydrogens (tertiary/aromatic N) is 8. The number of esters is 2. The maximum absolute atomic E-state index is 13.2. The molecule has 2 aromatic carbocycles. The van der Waals surface area contributed by atoms with Crippen LogP contribution in [0.1, 0.15) is 78.4 Å². The van der Waals surface area contributed by atoms with Crippen molar-refractivity contribution in [2.75, 3.05) is 14.2 Å². The predicted octanol–water partition coefficient (Wildman–Crippen LogP) is 4.78. The van der Waals surface area contributed by atoms with E-state index in [4.69, 9.17) is 19.4 Å². The van der Waals surface area contributed by atoms with Gasteiger partial charge in [0.05, 0.1) is 48.8 Å². The second-order valence-electron chi connectivity index (χ2n) is 12.4. The number of carbonyl (C=O) groups is 2. The SMILES string of the molecule is COC(=O)C(C)CC1(CC2(CC(C)C(=O)OC)c3ccccc3-c3nc(C#N)c(C#N)nc32)c2ccccc2-c2nc(C#N)c(C#N)nc21. The first kappa shape index (κ1) is 32.4. The average Bonchev–Trinajstić information content (AvgIpc) is 3.54. The van der Waals surface area contributed by atoms with Gasteiger partial charge in [0, 0.05) is 22.0 Å². The summed E-state index contributed by atoms with van der Waals surface area (Å²) in [5.41, 5.74) is 1.45. The van der Waals surface area contributed by atoms with Gasteiger partial charge in [-0.25, -0.2) is 19.9 Å². The Morgan fingerprint density at radius 3 is 1.33 bits per heavy atom. The van der Waals surface area contributed by atoms with Gasteiger partial charge in [-0.3, -0.25) is 9.59 Å². The fourth-order valence-corrected chi connectivity index (χ4v) is 7.74. The first-order valence-electron chi connectivity index (χ1n) is 15.4. The van der Waals surface area contributed by atoms with Gasteiger partial charge in [-0.15, -0.1) is 0 Å². The monoisotopic (exact) mass is 648 g/mol. The molecule has 12 nitrogen and oxygen atoms in total. The molecule has 2 heterocycles. The van der Waals surface area contributed by atoms with Gasteiger partial charge in [0.15, 0.2) is 22.8 Å². The zero-order valence-corrected chi connectivity index (χ0v) is 27.1. The molecule has 2 aromatic heterocycles. The van der Waals surface area contributed by atoms with Gasteiger partial charge >= 0.3 is 11.9 Å². The van der Waals surface area contributed by atoms with Crippen LogP contribution in [0.15, 0.2) is 48.5 Å². The molecule has 0 N–H and O–H groups in total. The van der Waals surface area contributed by atoms with Crippen molar-refractivity contribution in [3.63, 3.8) is 0 Å². The van der Waals surface area contributed by atoms with Crippen molar-refractivity contribution < 1.29 is 19.1 Å². The highest BCUT2D eigenvalue weighted by atomic mass is 16.5. The summed E-state index contributed by atoms with van der Waals surface area (Å²) in [5.74, 6) is -2.33. The Hall–Kier alpha value is -6.50. The summed E-state index contributed by atoms with van der Waals surface area (Å²) in [4.78, 5) is 45.2. The molecule has 4 unspecified atom stereocenters. The molecule has 2 aliphatic carbocycles. The molecule has 4 aromatic rings. The topological polar surface area (TPSA) is 199 Å². The second-order valence-corrected chi connectivity index (χ2v) is 12.4. The van der Waals surface area contributed by atoms with Gasteiger partial charge in [0.25, 0.3) is 0 Å². The second kappa shape index (κ2) is 12.3. The minimum atomic E-state index is -1.18. The lowest BCUT2D eigenvalue weighted by molar-refractivity contribution is -0.145. The van der Waals surface area contributed by atoms with Crippen LogP contribution in [0.5, 0.6) is 0 Å². The number of hydrogen-bond acceptors (Lipinski definition) is 12. The summed E-state index contributed by atoms with van der Waals surface area (Å²) < 4.78 is 10.4. The molecule has 240 valence electrons. The fourth-order valence-electron chi connectivity index (χ4n) is 7.74. The van der Waals surface area contributed by atoms with Crippen LogP contribution in [0, 0.1) is 57.2 Å². The van der Waals surface area contributed by atoms with Gasteiger partial charge in [0.2, 0.25) is 0 Å². The number of nitriles is 4. The van der Waals surface area contributed by atoms with Gasteiger partial charge < -0.3 is 9.47 Å². The molecule has 0 saturated carbocycles. The maximum Gasteiger partial charge on any atom is 0.308 e. The van der Waals surface area contributed by atoms with Crippen molar-refractivity contribution in [2.45, 2.75) is 43.9 Å².